The summed E-state index contributed by atoms with van der Waals surface area (Å²) in [7, 11) is 0. The zero-order valence-corrected chi connectivity index (χ0v) is 13.9. The molecule has 1 N–H and O–H groups in total. The van der Waals surface area contributed by atoms with Crippen molar-refractivity contribution in [3.05, 3.63) is 63.6 Å². The number of nitrogens with one attached hydrogen (secondary N) is 1. The lowest BCUT2D eigenvalue weighted by Crippen LogP contribution is -2.16. The van der Waals surface area contributed by atoms with Gasteiger partial charge in [-0.15, -0.1) is 11.8 Å². The van der Waals surface area contributed by atoms with Crippen molar-refractivity contribution in [1.29, 1.82) is 0 Å². The Hall–Kier alpha value is -0.670. The molecule has 0 heterocycles. The van der Waals surface area contributed by atoms with Crippen LogP contribution < -0.4 is 5.32 Å². The Kier molecular flexibility index (Phi) is 5.12. The van der Waals surface area contributed by atoms with Gasteiger partial charge in [-0.05, 0) is 42.2 Å². The maximum atomic E-state index is 6.37. The van der Waals surface area contributed by atoms with Crippen LogP contribution >= 0.6 is 35.0 Å². The summed E-state index contributed by atoms with van der Waals surface area (Å²) in [4.78, 5) is 1.23. The van der Waals surface area contributed by atoms with E-state index in [2.05, 4.69) is 17.4 Å². The van der Waals surface area contributed by atoms with Crippen molar-refractivity contribution in [2.75, 3.05) is 0 Å². The Balaban J connectivity index is 1.71. The highest BCUT2D eigenvalue weighted by molar-refractivity contribution is 7.98. The molecule has 1 nitrogen and oxygen atoms in total. The molecular formula is C17H17Cl2NS. The molecule has 2 aromatic carbocycles. The minimum absolute atomic E-state index is 0.683. The van der Waals surface area contributed by atoms with Crippen molar-refractivity contribution >= 4 is 35.0 Å². The lowest BCUT2D eigenvalue weighted by atomic mass is 10.2. The molecule has 2 aromatic rings. The van der Waals surface area contributed by atoms with Crippen molar-refractivity contribution in [1.82, 2.24) is 5.32 Å². The number of thioether (sulfide) groups is 1. The molecule has 0 unspecified atom stereocenters. The predicted octanol–water partition coefficient (Wildman–Crippen LogP) is 5.54. The molecule has 0 atom stereocenters. The summed E-state index contributed by atoms with van der Waals surface area (Å²) in [5, 5.41) is 5.20. The second-order valence-electron chi connectivity index (χ2n) is 5.25. The molecule has 0 aliphatic heterocycles. The molecule has 1 aliphatic carbocycles. The van der Waals surface area contributed by atoms with Crippen molar-refractivity contribution in [3.63, 3.8) is 0 Å². The normalized spacial score (nSPS) is 14.4. The molecule has 1 fully saturated rings. The van der Waals surface area contributed by atoms with Gasteiger partial charge in [0.2, 0.25) is 0 Å². The maximum absolute atomic E-state index is 6.37. The van der Waals surface area contributed by atoms with E-state index >= 15 is 0 Å². The smallest absolute Gasteiger partial charge is 0.0462 e. The van der Waals surface area contributed by atoms with Crippen LogP contribution in [0.4, 0.5) is 0 Å². The van der Waals surface area contributed by atoms with Gasteiger partial charge in [0.05, 0.1) is 0 Å². The summed E-state index contributed by atoms with van der Waals surface area (Å²) in [6, 6.07) is 14.8. The maximum Gasteiger partial charge on any atom is 0.0462 e. The van der Waals surface area contributed by atoms with Gasteiger partial charge < -0.3 is 5.32 Å². The Labute approximate surface area is 140 Å². The van der Waals surface area contributed by atoms with Gasteiger partial charge in [-0.3, -0.25) is 0 Å². The molecule has 0 spiro atoms. The van der Waals surface area contributed by atoms with Crippen LogP contribution in [0.3, 0.4) is 0 Å². The minimum Gasteiger partial charge on any atom is -0.310 e. The summed E-state index contributed by atoms with van der Waals surface area (Å²) in [5.74, 6) is 0.858. The first kappa shape index (κ1) is 15.2. The van der Waals surface area contributed by atoms with E-state index in [0.717, 1.165) is 27.9 Å². The van der Waals surface area contributed by atoms with Crippen LogP contribution in [-0.4, -0.2) is 6.04 Å². The second-order valence-corrected chi connectivity index (χ2v) is 7.08. The quantitative estimate of drug-likeness (QED) is 0.694. The van der Waals surface area contributed by atoms with Crippen LogP contribution in [0.1, 0.15) is 24.0 Å². The minimum atomic E-state index is 0.683. The van der Waals surface area contributed by atoms with Gasteiger partial charge in [0, 0.05) is 33.3 Å². The van der Waals surface area contributed by atoms with Crippen molar-refractivity contribution in [2.45, 2.75) is 36.1 Å². The topological polar surface area (TPSA) is 12.0 Å². The van der Waals surface area contributed by atoms with E-state index in [1.165, 1.54) is 23.3 Å². The second kappa shape index (κ2) is 7.06. The summed E-state index contributed by atoms with van der Waals surface area (Å²) in [5.41, 5.74) is 2.35. The highest BCUT2D eigenvalue weighted by atomic mass is 35.5. The van der Waals surface area contributed by atoms with E-state index in [1.807, 2.05) is 30.3 Å². The van der Waals surface area contributed by atoms with Crippen LogP contribution in [0, 0.1) is 0 Å². The van der Waals surface area contributed by atoms with Gasteiger partial charge in [0.25, 0.3) is 0 Å². The average Bonchev–Trinajstić information content (AvgIpc) is 3.30. The number of benzene rings is 2. The van der Waals surface area contributed by atoms with E-state index in [-0.39, 0.29) is 0 Å². The molecule has 1 aliphatic rings. The van der Waals surface area contributed by atoms with Crippen molar-refractivity contribution in [3.8, 4) is 0 Å². The summed E-state index contributed by atoms with van der Waals surface area (Å²) >= 11 is 14.4. The fourth-order valence-electron chi connectivity index (χ4n) is 2.15. The third-order valence-corrected chi connectivity index (χ3v) is 5.43. The van der Waals surface area contributed by atoms with E-state index in [4.69, 9.17) is 23.2 Å². The Morgan fingerprint density at radius 3 is 2.52 bits per heavy atom. The van der Waals surface area contributed by atoms with Crippen LogP contribution in [-0.2, 0) is 12.3 Å². The Morgan fingerprint density at radius 2 is 1.76 bits per heavy atom. The van der Waals surface area contributed by atoms with Gasteiger partial charge in [0.15, 0.2) is 0 Å². The first-order chi connectivity index (χ1) is 10.2. The van der Waals surface area contributed by atoms with Crippen LogP contribution in [0.2, 0.25) is 10.0 Å². The van der Waals surface area contributed by atoms with Gasteiger partial charge in [-0.2, -0.15) is 0 Å². The Morgan fingerprint density at radius 1 is 1.00 bits per heavy atom. The van der Waals surface area contributed by atoms with Crippen LogP contribution in [0.5, 0.6) is 0 Å². The van der Waals surface area contributed by atoms with Gasteiger partial charge in [-0.1, -0.05) is 47.5 Å². The molecule has 21 heavy (non-hydrogen) atoms. The molecule has 110 valence electrons. The average molecular weight is 338 g/mol. The van der Waals surface area contributed by atoms with Crippen LogP contribution in [0.25, 0.3) is 0 Å². The molecule has 0 amide bonds. The highest BCUT2D eigenvalue weighted by Gasteiger charge is 2.21. The molecule has 0 radical (unpaired) electrons. The van der Waals surface area contributed by atoms with Gasteiger partial charge in [-0.25, -0.2) is 0 Å². The molecule has 1 saturated carbocycles. The number of hydrogen-bond donors (Lipinski definition) is 1. The van der Waals surface area contributed by atoms with E-state index in [0.29, 0.717) is 6.04 Å². The number of hydrogen-bond acceptors (Lipinski definition) is 2. The van der Waals surface area contributed by atoms with E-state index < -0.39 is 0 Å². The number of halogens is 2. The fourth-order valence-corrected chi connectivity index (χ4v) is 3.82. The van der Waals surface area contributed by atoms with Crippen molar-refractivity contribution < 1.29 is 0 Å². The standard InChI is InChI=1S/C17H17Cl2NS/c18-15-5-2-1-4-12(15)11-21-17-7-3-6-16(19)14(17)10-20-13-8-9-13/h1-7,13,20H,8-11H2. The van der Waals surface area contributed by atoms with E-state index in [1.54, 1.807) is 11.8 Å². The third kappa shape index (κ3) is 4.17. The van der Waals surface area contributed by atoms with Crippen LogP contribution in [0.15, 0.2) is 47.4 Å². The van der Waals surface area contributed by atoms with E-state index in [9.17, 15) is 0 Å². The molecule has 0 bridgehead atoms. The van der Waals surface area contributed by atoms with Gasteiger partial charge in [0.1, 0.15) is 0 Å². The first-order valence-electron chi connectivity index (χ1n) is 7.11. The zero-order chi connectivity index (χ0) is 14.7. The lowest BCUT2D eigenvalue weighted by molar-refractivity contribution is 0.680. The monoisotopic (exact) mass is 337 g/mol. The van der Waals surface area contributed by atoms with Crippen molar-refractivity contribution in [2.24, 2.45) is 0 Å². The zero-order valence-electron chi connectivity index (χ0n) is 11.6. The highest BCUT2D eigenvalue weighted by Crippen LogP contribution is 2.33. The third-order valence-electron chi connectivity index (χ3n) is 3.56. The Bertz CT molecular complexity index is 626. The SMILES string of the molecule is Clc1ccccc1CSc1cccc(Cl)c1CNC1CC1. The largest absolute Gasteiger partial charge is 0.310 e. The molecular weight excluding hydrogens is 321 g/mol. The summed E-state index contributed by atoms with van der Waals surface area (Å²) in [6.45, 7) is 0.842. The molecule has 0 aromatic heterocycles. The molecule has 3 rings (SSSR count). The molecule has 4 heteroatoms. The fraction of sp³-hybridized carbons (Fsp3) is 0.294. The molecule has 0 saturated heterocycles. The summed E-state index contributed by atoms with van der Waals surface area (Å²) < 4.78 is 0. The number of rotatable bonds is 6. The predicted molar refractivity (Wildman–Crippen MR) is 92.3 cm³/mol. The summed E-state index contributed by atoms with van der Waals surface area (Å²) in [6.07, 6.45) is 2.57. The van der Waals surface area contributed by atoms with Gasteiger partial charge >= 0.3 is 0 Å². The lowest BCUT2D eigenvalue weighted by Gasteiger charge is -2.12. The first-order valence-corrected chi connectivity index (χ1v) is 8.85.